The predicted octanol–water partition coefficient (Wildman–Crippen LogP) is -1.23. The molecule has 0 aliphatic rings. The van der Waals surface area contributed by atoms with Crippen LogP contribution in [0.2, 0.25) is 0 Å². The van der Waals surface area contributed by atoms with Crippen molar-refractivity contribution >= 4 is 20.1 Å². The van der Waals surface area contributed by atoms with Crippen LogP contribution in [0.3, 0.4) is 0 Å². The number of carbonyl (C=O) groups excluding carboxylic acids is 2. The number of nitrogens with two attached hydrogens (primary N) is 2. The zero-order valence-corrected chi connectivity index (χ0v) is 11.1. The monoisotopic (exact) mass is 274 g/mol. The molecule has 0 aliphatic heterocycles. The van der Waals surface area contributed by atoms with Gasteiger partial charge in [0, 0.05) is 13.1 Å². The van der Waals surface area contributed by atoms with E-state index in [1.165, 1.54) is 0 Å². The Labute approximate surface area is 108 Å². The van der Waals surface area contributed by atoms with Crippen LogP contribution in [0.4, 0.5) is 0 Å². The smallest absolute Gasteiger partial charge is 0.353 e. The normalized spacial score (nSPS) is 10.4. The molecule has 0 saturated carbocycles. The van der Waals surface area contributed by atoms with Crippen molar-refractivity contribution < 1.29 is 14.3 Å². The fraction of sp³-hybridized carbons (Fsp3) is 0.400. The second-order valence-electron chi connectivity index (χ2n) is 3.30. The Bertz CT molecular complexity index is 301. The molecule has 0 aromatic carbocycles. The lowest BCUT2D eigenvalue weighted by molar-refractivity contribution is -0.138. The fourth-order valence-electron chi connectivity index (χ4n) is 0.816. The molecular formula is C10H19N4O3P. The fourth-order valence-corrected chi connectivity index (χ4v) is 1.52. The van der Waals surface area contributed by atoms with Gasteiger partial charge in [-0.2, -0.15) is 0 Å². The van der Waals surface area contributed by atoms with Crippen molar-refractivity contribution in [3.05, 3.63) is 24.6 Å². The van der Waals surface area contributed by atoms with E-state index in [2.05, 4.69) is 24.0 Å². The number of rotatable bonds is 10. The third-order valence-electron chi connectivity index (χ3n) is 1.67. The quantitative estimate of drug-likeness (QED) is 0.129. The first kappa shape index (κ1) is 16.6. The summed E-state index contributed by atoms with van der Waals surface area (Å²) in [7, 11) is 0.112. The van der Waals surface area contributed by atoms with Crippen molar-refractivity contribution in [2.75, 3.05) is 25.9 Å². The van der Waals surface area contributed by atoms with E-state index >= 15 is 0 Å². The Morgan fingerprint density at radius 3 is 2.28 bits per heavy atom. The number of esters is 1. The Morgan fingerprint density at radius 2 is 1.72 bits per heavy atom. The van der Waals surface area contributed by atoms with Gasteiger partial charge in [0.2, 0.25) is 0 Å². The minimum atomic E-state index is -0.620. The summed E-state index contributed by atoms with van der Waals surface area (Å²) in [5.41, 5.74) is 15.9. The Kier molecular flexibility index (Phi) is 8.82. The van der Waals surface area contributed by atoms with E-state index in [1.54, 1.807) is 0 Å². The molecule has 102 valence electrons. The molecule has 0 bridgehead atoms. The van der Waals surface area contributed by atoms with Gasteiger partial charge >= 0.3 is 5.97 Å². The molecule has 0 aromatic rings. The number of carbonyl (C=O) groups is 2. The zero-order chi connectivity index (χ0) is 14.0. The summed E-state index contributed by atoms with van der Waals surface area (Å²) in [5, 5.41) is 0. The molecule has 8 heteroatoms. The lowest BCUT2D eigenvalue weighted by Gasteiger charge is -2.07. The van der Waals surface area contributed by atoms with Crippen LogP contribution in [0.15, 0.2) is 24.6 Å². The molecule has 0 spiro atoms. The Hall–Kier alpha value is -1.43. The summed E-state index contributed by atoms with van der Waals surface area (Å²) in [5.74, 6) is -0.620. The summed E-state index contributed by atoms with van der Waals surface area (Å²) >= 11 is 0. The van der Waals surface area contributed by atoms with E-state index < -0.39 is 5.97 Å². The van der Waals surface area contributed by atoms with E-state index in [9.17, 15) is 9.59 Å². The molecule has 7 nitrogen and oxygen atoms in total. The topological polar surface area (TPSA) is 119 Å². The van der Waals surface area contributed by atoms with Crippen LogP contribution in [-0.2, 0) is 14.3 Å². The van der Waals surface area contributed by atoms with Crippen molar-refractivity contribution in [3.63, 3.8) is 0 Å². The highest BCUT2D eigenvalue weighted by molar-refractivity contribution is 7.58. The van der Waals surface area contributed by atoms with Crippen LogP contribution in [-0.4, -0.2) is 37.4 Å². The van der Waals surface area contributed by atoms with Gasteiger partial charge in [0.05, 0.1) is 5.70 Å². The molecule has 0 amide bonds. The van der Waals surface area contributed by atoms with Crippen LogP contribution >= 0.6 is 8.58 Å². The van der Waals surface area contributed by atoms with Crippen LogP contribution in [0.25, 0.3) is 0 Å². The maximum Gasteiger partial charge on any atom is 0.353 e. The Balaban J connectivity index is 3.32. The highest BCUT2D eigenvalue weighted by Gasteiger charge is 2.03. The SMILES string of the molecule is C=C(N)C(=O)OCCNNCCPC(=O)C(=C)N. The number of hydrogen-bond donors (Lipinski definition) is 4. The van der Waals surface area contributed by atoms with Gasteiger partial charge in [-0.3, -0.25) is 15.6 Å². The summed E-state index contributed by atoms with van der Waals surface area (Å²) in [4.78, 5) is 21.9. The largest absolute Gasteiger partial charge is 0.460 e. The molecule has 0 rings (SSSR count). The maximum absolute atomic E-state index is 11.1. The zero-order valence-electron chi connectivity index (χ0n) is 10.1. The molecule has 0 aliphatic carbocycles. The van der Waals surface area contributed by atoms with Crippen molar-refractivity contribution in [2.24, 2.45) is 11.5 Å². The van der Waals surface area contributed by atoms with E-state index in [0.29, 0.717) is 19.3 Å². The van der Waals surface area contributed by atoms with E-state index in [-0.39, 0.29) is 32.1 Å². The molecule has 6 N–H and O–H groups in total. The number of ether oxygens (including phenoxy) is 1. The highest BCUT2D eigenvalue weighted by atomic mass is 31.1. The van der Waals surface area contributed by atoms with Crippen molar-refractivity contribution in [2.45, 2.75) is 0 Å². The third-order valence-corrected chi connectivity index (χ3v) is 2.82. The average molecular weight is 274 g/mol. The van der Waals surface area contributed by atoms with Crippen molar-refractivity contribution in [1.82, 2.24) is 10.9 Å². The van der Waals surface area contributed by atoms with Crippen LogP contribution < -0.4 is 22.3 Å². The molecule has 1 atom stereocenters. The summed E-state index contributed by atoms with van der Waals surface area (Å²) in [6.07, 6.45) is 0.668. The number of hydrazine groups is 1. The van der Waals surface area contributed by atoms with Crippen molar-refractivity contribution in [3.8, 4) is 0 Å². The molecule has 18 heavy (non-hydrogen) atoms. The lowest BCUT2D eigenvalue weighted by Crippen LogP contribution is -2.36. The first-order valence-corrected chi connectivity index (χ1v) is 6.45. The maximum atomic E-state index is 11.1. The average Bonchev–Trinajstić information content (AvgIpc) is 2.31. The third kappa shape index (κ3) is 8.69. The van der Waals surface area contributed by atoms with Gasteiger partial charge in [0.25, 0.3) is 0 Å². The van der Waals surface area contributed by atoms with Crippen LogP contribution in [0, 0.1) is 0 Å². The van der Waals surface area contributed by atoms with Gasteiger partial charge in [-0.25, -0.2) is 4.79 Å². The number of nitrogens with one attached hydrogen (secondary N) is 2. The summed E-state index contributed by atoms with van der Waals surface area (Å²) in [6.45, 7) is 7.82. The number of hydrogen-bond acceptors (Lipinski definition) is 7. The lowest BCUT2D eigenvalue weighted by atomic mass is 10.5. The number of allylic oxidation sites excluding steroid dienone is 1. The molecule has 0 saturated heterocycles. The first-order valence-electron chi connectivity index (χ1n) is 5.25. The van der Waals surface area contributed by atoms with Crippen LogP contribution in [0.5, 0.6) is 0 Å². The second kappa shape index (κ2) is 9.58. The molecule has 0 aromatic heterocycles. The standard InChI is InChI=1S/C10H19N4O3P/c1-7(11)9(15)17-5-3-13-14-4-6-18-10(16)8(2)12/h13-14,18H,1-6,11-12H2. The van der Waals surface area contributed by atoms with Gasteiger partial charge in [-0.05, 0) is 14.7 Å². The van der Waals surface area contributed by atoms with Gasteiger partial charge in [-0.1, -0.05) is 13.2 Å². The molecular weight excluding hydrogens is 255 g/mol. The predicted molar refractivity (Wildman–Crippen MR) is 71.8 cm³/mol. The summed E-state index contributed by atoms with van der Waals surface area (Å²) in [6, 6.07) is 0. The van der Waals surface area contributed by atoms with Gasteiger partial charge in [0.1, 0.15) is 12.3 Å². The van der Waals surface area contributed by atoms with E-state index in [4.69, 9.17) is 16.2 Å². The minimum absolute atomic E-state index is 0.0928. The molecule has 0 heterocycles. The molecule has 0 fully saturated rings. The second-order valence-corrected chi connectivity index (χ2v) is 4.60. The Morgan fingerprint density at radius 1 is 1.11 bits per heavy atom. The minimum Gasteiger partial charge on any atom is -0.460 e. The van der Waals surface area contributed by atoms with E-state index in [0.717, 1.165) is 0 Å². The first-order chi connectivity index (χ1) is 8.45. The molecule has 0 radical (unpaired) electrons. The molecule has 1 unspecified atom stereocenters. The highest BCUT2D eigenvalue weighted by Crippen LogP contribution is 2.12. The van der Waals surface area contributed by atoms with Crippen LogP contribution in [0.1, 0.15) is 0 Å². The van der Waals surface area contributed by atoms with E-state index in [1.807, 2.05) is 0 Å². The van der Waals surface area contributed by atoms with Gasteiger partial charge in [0.15, 0.2) is 5.52 Å². The van der Waals surface area contributed by atoms with Gasteiger partial charge < -0.3 is 16.2 Å². The van der Waals surface area contributed by atoms with Crippen molar-refractivity contribution in [1.29, 1.82) is 0 Å². The summed E-state index contributed by atoms with van der Waals surface area (Å²) < 4.78 is 4.73. The van der Waals surface area contributed by atoms with Gasteiger partial charge in [-0.15, -0.1) is 0 Å².